The molecule has 0 bridgehead atoms. The summed E-state index contributed by atoms with van der Waals surface area (Å²) in [5.74, 6) is 1.27. The highest BCUT2D eigenvalue weighted by atomic mass is 35.5. The van der Waals surface area contributed by atoms with Crippen molar-refractivity contribution in [2.45, 2.75) is 26.3 Å². The number of methoxy groups -OCH3 is 2. The molecule has 2 heterocycles. The Morgan fingerprint density at radius 1 is 0.625 bits per heavy atom. The molecule has 2 amide bonds. The number of carbonyl (C=O) groups is 2. The highest BCUT2D eigenvalue weighted by molar-refractivity contribution is 6.37. The first-order valence-corrected chi connectivity index (χ1v) is 15.7. The van der Waals surface area contributed by atoms with Crippen molar-refractivity contribution >= 4 is 35.0 Å². The van der Waals surface area contributed by atoms with Gasteiger partial charge in [-0.1, -0.05) is 59.6 Å². The highest BCUT2D eigenvalue weighted by Crippen LogP contribution is 2.37. The van der Waals surface area contributed by atoms with Crippen LogP contribution in [0.3, 0.4) is 0 Å². The molecular weight excluding hydrogens is 659 g/mol. The second-order valence-electron chi connectivity index (χ2n) is 10.3. The molecule has 0 aliphatic heterocycles. The van der Waals surface area contributed by atoms with Gasteiger partial charge in [-0.25, -0.2) is 0 Å². The summed E-state index contributed by atoms with van der Waals surface area (Å²) in [5.41, 5.74) is 4.52. The molecule has 0 atom stereocenters. The normalized spacial score (nSPS) is 10.7. The third-order valence-corrected chi connectivity index (χ3v) is 8.06. The van der Waals surface area contributed by atoms with Crippen LogP contribution in [-0.4, -0.2) is 63.2 Å². The van der Waals surface area contributed by atoms with Crippen molar-refractivity contribution in [2.75, 3.05) is 41.4 Å². The van der Waals surface area contributed by atoms with E-state index in [1.807, 2.05) is 48.5 Å². The third-order valence-electron chi connectivity index (χ3n) is 7.17. The first-order chi connectivity index (χ1) is 23.3. The zero-order valence-corrected chi connectivity index (χ0v) is 28.6. The summed E-state index contributed by atoms with van der Waals surface area (Å²) in [7, 11) is 6.22. The van der Waals surface area contributed by atoms with E-state index >= 15 is 0 Å². The van der Waals surface area contributed by atoms with Crippen molar-refractivity contribution in [3.63, 3.8) is 0 Å². The van der Waals surface area contributed by atoms with Gasteiger partial charge in [-0.2, -0.15) is 9.97 Å². The van der Waals surface area contributed by atoms with E-state index in [-0.39, 0.29) is 38.1 Å². The Morgan fingerprint density at radius 3 is 1.42 bits per heavy atom. The minimum absolute atomic E-state index is 0.118. The van der Waals surface area contributed by atoms with Crippen LogP contribution in [0.25, 0.3) is 11.1 Å². The van der Waals surface area contributed by atoms with E-state index in [1.165, 1.54) is 14.2 Å². The minimum Gasteiger partial charge on any atom is -0.481 e. The van der Waals surface area contributed by atoms with Gasteiger partial charge in [-0.3, -0.25) is 9.59 Å². The van der Waals surface area contributed by atoms with E-state index in [4.69, 9.17) is 42.1 Å². The quantitative estimate of drug-likeness (QED) is 0.126. The van der Waals surface area contributed by atoms with Crippen molar-refractivity contribution in [2.24, 2.45) is 0 Å². The Labute approximate surface area is 289 Å². The molecule has 0 fully saturated rings. The van der Waals surface area contributed by atoms with Crippen LogP contribution in [0.2, 0.25) is 10.0 Å². The second kappa shape index (κ2) is 18.1. The number of nitrogens with one attached hydrogen (secondary N) is 4. The van der Waals surface area contributed by atoms with Crippen molar-refractivity contribution in [1.29, 1.82) is 0 Å². The lowest BCUT2D eigenvalue weighted by molar-refractivity contribution is -0.120. The molecule has 0 unspecified atom stereocenters. The van der Waals surface area contributed by atoms with Crippen LogP contribution in [0.15, 0.2) is 60.7 Å². The van der Waals surface area contributed by atoms with Crippen LogP contribution < -0.4 is 40.2 Å². The maximum Gasteiger partial charge on any atom is 0.233 e. The third kappa shape index (κ3) is 9.71. The van der Waals surface area contributed by atoms with Crippen LogP contribution in [0, 0.1) is 0 Å². The molecule has 254 valence electrons. The van der Waals surface area contributed by atoms with Crippen LogP contribution in [0.1, 0.15) is 22.3 Å². The van der Waals surface area contributed by atoms with Gasteiger partial charge in [0.1, 0.15) is 13.2 Å². The summed E-state index contributed by atoms with van der Waals surface area (Å²) in [6.45, 7) is 1.46. The number of likely N-dealkylation sites (N-methyl/N-ethyl adjacent to an activating group) is 2. The van der Waals surface area contributed by atoms with Gasteiger partial charge in [0, 0.05) is 72.7 Å². The van der Waals surface area contributed by atoms with Gasteiger partial charge < -0.3 is 40.2 Å². The van der Waals surface area contributed by atoms with E-state index < -0.39 is 0 Å². The van der Waals surface area contributed by atoms with Gasteiger partial charge in [0.2, 0.25) is 35.3 Å². The fourth-order valence-corrected chi connectivity index (χ4v) is 5.15. The van der Waals surface area contributed by atoms with Gasteiger partial charge >= 0.3 is 0 Å². The standard InChI is InChI=1S/C34H38Cl2N6O6/c1-37-27(43)17-39-15-21-11-13-29(41-33(21)45-3)47-19-23-7-5-9-25(31(23)35)26-10-6-8-24(32(26)36)20-48-30-14-12-22(34(42-30)46-4)16-40-18-28(44)38-2/h5-14,39-40H,15-20H2,1-4H3,(H,37,43)(H,38,44). The molecule has 2 aromatic carbocycles. The first-order valence-electron chi connectivity index (χ1n) is 15.0. The highest BCUT2D eigenvalue weighted by Gasteiger charge is 2.16. The van der Waals surface area contributed by atoms with Gasteiger partial charge in [0.05, 0.1) is 37.4 Å². The molecule has 4 rings (SSSR count). The van der Waals surface area contributed by atoms with E-state index in [0.717, 1.165) is 33.4 Å². The number of carbonyl (C=O) groups excluding carboxylic acids is 2. The molecule has 4 aromatic rings. The van der Waals surface area contributed by atoms with Crippen molar-refractivity contribution in [3.05, 3.63) is 93.0 Å². The number of ether oxygens (including phenoxy) is 4. The lowest BCUT2D eigenvalue weighted by atomic mass is 10.0. The van der Waals surface area contributed by atoms with E-state index in [2.05, 4.69) is 31.2 Å². The van der Waals surface area contributed by atoms with Gasteiger partial charge in [-0.05, 0) is 12.1 Å². The van der Waals surface area contributed by atoms with Gasteiger partial charge in [-0.15, -0.1) is 0 Å². The SMILES string of the molecule is CNC(=O)CNCc1ccc(OCc2cccc(-c3cccc(COc4ccc(CNCC(=O)NC)c(OC)n4)c3Cl)c2Cl)nc1OC. The van der Waals surface area contributed by atoms with E-state index in [0.29, 0.717) is 46.7 Å². The summed E-state index contributed by atoms with van der Waals surface area (Å²) in [6, 6.07) is 18.4. The molecule has 0 radical (unpaired) electrons. The molecule has 12 nitrogen and oxygen atoms in total. The zero-order chi connectivity index (χ0) is 34.5. The van der Waals surface area contributed by atoms with E-state index in [1.54, 1.807) is 26.2 Å². The topological polar surface area (TPSA) is 145 Å². The number of nitrogens with zero attached hydrogens (tertiary/aromatic N) is 2. The summed E-state index contributed by atoms with van der Waals surface area (Å²) < 4.78 is 22.8. The van der Waals surface area contributed by atoms with Gasteiger partial charge in [0.15, 0.2) is 0 Å². The molecule has 0 spiro atoms. The maximum atomic E-state index is 11.5. The zero-order valence-electron chi connectivity index (χ0n) is 27.1. The second-order valence-corrected chi connectivity index (χ2v) is 11.1. The van der Waals surface area contributed by atoms with Crippen LogP contribution in [-0.2, 0) is 35.9 Å². The Balaban J connectivity index is 1.42. The molecular formula is C34H38Cl2N6O6. The first kappa shape index (κ1) is 36.2. The number of pyridine rings is 2. The fourth-order valence-electron chi connectivity index (χ4n) is 4.59. The predicted octanol–water partition coefficient (Wildman–Crippen LogP) is 4.30. The van der Waals surface area contributed by atoms with Crippen molar-refractivity contribution < 1.29 is 28.5 Å². The molecule has 14 heteroatoms. The number of amides is 2. The Hall–Kier alpha value is -4.62. The van der Waals surface area contributed by atoms with Crippen molar-refractivity contribution in [3.8, 4) is 34.6 Å². The molecule has 2 aromatic heterocycles. The number of rotatable bonds is 17. The molecule has 48 heavy (non-hydrogen) atoms. The van der Waals surface area contributed by atoms with Crippen LogP contribution in [0.5, 0.6) is 23.5 Å². The summed E-state index contributed by atoms with van der Waals surface area (Å²) in [6.07, 6.45) is 0. The molecule has 4 N–H and O–H groups in total. The molecule has 0 saturated carbocycles. The minimum atomic E-state index is -0.118. The van der Waals surface area contributed by atoms with Crippen LogP contribution >= 0.6 is 23.2 Å². The fraction of sp³-hybridized carbons (Fsp3) is 0.294. The predicted molar refractivity (Wildman–Crippen MR) is 184 cm³/mol. The number of benzene rings is 2. The lowest BCUT2D eigenvalue weighted by Crippen LogP contribution is -2.31. The smallest absolute Gasteiger partial charge is 0.233 e. The maximum absolute atomic E-state index is 11.5. The average Bonchev–Trinajstić information content (AvgIpc) is 3.11. The number of hydrogen-bond donors (Lipinski definition) is 4. The summed E-state index contributed by atoms with van der Waals surface area (Å²) in [4.78, 5) is 31.9. The number of hydrogen-bond acceptors (Lipinski definition) is 10. The summed E-state index contributed by atoms with van der Waals surface area (Å²) in [5, 5.41) is 12.2. The largest absolute Gasteiger partial charge is 0.481 e. The molecule has 0 aliphatic rings. The summed E-state index contributed by atoms with van der Waals surface area (Å²) >= 11 is 13.8. The molecule has 0 saturated heterocycles. The lowest BCUT2D eigenvalue weighted by Gasteiger charge is -2.15. The monoisotopic (exact) mass is 696 g/mol. The number of aromatic nitrogens is 2. The van der Waals surface area contributed by atoms with Gasteiger partial charge in [0.25, 0.3) is 0 Å². The van der Waals surface area contributed by atoms with Crippen molar-refractivity contribution in [1.82, 2.24) is 31.2 Å². The average molecular weight is 698 g/mol. The number of halogens is 2. The Morgan fingerprint density at radius 2 is 1.04 bits per heavy atom. The van der Waals surface area contributed by atoms with Crippen LogP contribution in [0.4, 0.5) is 0 Å². The Bertz CT molecular complexity index is 1600. The molecule has 0 aliphatic carbocycles. The van der Waals surface area contributed by atoms with E-state index in [9.17, 15) is 9.59 Å². The Kier molecular flexibility index (Phi) is 13.6.